The minimum atomic E-state index is -0.237. The van der Waals surface area contributed by atoms with Gasteiger partial charge in [-0.25, -0.2) is 4.63 Å². The second kappa shape index (κ2) is 7.27. The first-order valence-corrected chi connectivity index (χ1v) is 8.42. The number of carbonyl (C=O) groups excluding carboxylic acids is 1. The highest BCUT2D eigenvalue weighted by Crippen LogP contribution is 2.27. The first-order valence-electron chi connectivity index (χ1n) is 7.54. The Hall–Kier alpha value is -2.67. The molecule has 0 spiro atoms. The number of ether oxygens (including phenoxy) is 1. The fourth-order valence-electron chi connectivity index (χ4n) is 2.01. The highest BCUT2D eigenvalue weighted by molar-refractivity contribution is 7.12. The van der Waals surface area contributed by atoms with Crippen molar-refractivity contribution >= 4 is 23.1 Å². The lowest BCUT2D eigenvalue weighted by Gasteiger charge is -2.08. The van der Waals surface area contributed by atoms with E-state index in [9.17, 15) is 4.79 Å². The quantitative estimate of drug-likeness (QED) is 0.729. The topological polar surface area (TPSA) is 77.2 Å². The van der Waals surface area contributed by atoms with Gasteiger partial charge < -0.3 is 10.1 Å². The number of rotatable bonds is 6. The van der Waals surface area contributed by atoms with Crippen molar-refractivity contribution in [3.63, 3.8) is 0 Å². The molecule has 0 aliphatic carbocycles. The highest BCUT2D eigenvalue weighted by Gasteiger charge is 2.16. The molecular weight excluding hydrogens is 326 g/mol. The summed E-state index contributed by atoms with van der Waals surface area (Å²) in [6.45, 7) is 4.85. The van der Waals surface area contributed by atoms with Gasteiger partial charge in [0, 0.05) is 5.56 Å². The SMILES string of the molecule is CC(C)COc1ccc(-c2nonc2NC(=O)c2cccs2)cc1. The van der Waals surface area contributed by atoms with Gasteiger partial charge in [0.25, 0.3) is 5.91 Å². The van der Waals surface area contributed by atoms with Crippen molar-refractivity contribution in [2.75, 3.05) is 11.9 Å². The summed E-state index contributed by atoms with van der Waals surface area (Å²) < 4.78 is 10.4. The van der Waals surface area contributed by atoms with Crippen molar-refractivity contribution in [3.8, 4) is 17.0 Å². The third kappa shape index (κ3) is 3.80. The van der Waals surface area contributed by atoms with Crippen molar-refractivity contribution in [1.29, 1.82) is 0 Å². The smallest absolute Gasteiger partial charge is 0.267 e. The van der Waals surface area contributed by atoms with Gasteiger partial charge in [0.2, 0.25) is 5.82 Å². The standard InChI is InChI=1S/C17H17N3O3S/c1-11(2)10-22-13-7-5-12(6-8-13)15-16(20-23-19-15)18-17(21)14-4-3-9-24-14/h3-9,11H,10H2,1-2H3,(H,18,20,21). The van der Waals surface area contributed by atoms with Gasteiger partial charge in [-0.3, -0.25) is 4.79 Å². The van der Waals surface area contributed by atoms with Crippen molar-refractivity contribution in [3.05, 3.63) is 46.7 Å². The minimum Gasteiger partial charge on any atom is -0.493 e. The summed E-state index contributed by atoms with van der Waals surface area (Å²) in [5.41, 5.74) is 1.27. The number of benzene rings is 1. The molecule has 6 nitrogen and oxygen atoms in total. The molecule has 0 aliphatic rings. The molecule has 0 aliphatic heterocycles. The van der Waals surface area contributed by atoms with Crippen molar-refractivity contribution < 1.29 is 14.2 Å². The first kappa shape index (κ1) is 16.2. The Balaban J connectivity index is 1.74. The van der Waals surface area contributed by atoms with Crippen LogP contribution in [0.4, 0.5) is 5.82 Å². The number of nitrogens with one attached hydrogen (secondary N) is 1. The summed E-state index contributed by atoms with van der Waals surface area (Å²) in [6, 6.07) is 11.0. The van der Waals surface area contributed by atoms with Crippen molar-refractivity contribution in [1.82, 2.24) is 10.3 Å². The molecule has 0 unspecified atom stereocenters. The van der Waals surface area contributed by atoms with E-state index in [2.05, 4.69) is 29.5 Å². The van der Waals surface area contributed by atoms with Crippen LogP contribution in [0.25, 0.3) is 11.3 Å². The molecule has 3 rings (SSSR count). The molecule has 0 saturated carbocycles. The summed E-state index contributed by atoms with van der Waals surface area (Å²) in [6.07, 6.45) is 0. The van der Waals surface area contributed by atoms with Gasteiger partial charge in [0.15, 0.2) is 5.69 Å². The Bertz CT molecular complexity index is 795. The number of hydrogen-bond acceptors (Lipinski definition) is 6. The Kier molecular flexibility index (Phi) is 4.90. The van der Waals surface area contributed by atoms with Crippen LogP contribution in [0.3, 0.4) is 0 Å². The molecule has 124 valence electrons. The third-order valence-electron chi connectivity index (χ3n) is 3.18. The van der Waals surface area contributed by atoms with Crippen LogP contribution in [0, 0.1) is 5.92 Å². The molecule has 0 fully saturated rings. The number of carbonyl (C=O) groups is 1. The van der Waals surface area contributed by atoms with Crippen LogP contribution >= 0.6 is 11.3 Å². The predicted molar refractivity (Wildman–Crippen MR) is 92.3 cm³/mol. The fraction of sp³-hybridized carbons (Fsp3) is 0.235. The van der Waals surface area contributed by atoms with E-state index >= 15 is 0 Å². The molecule has 1 N–H and O–H groups in total. The van der Waals surface area contributed by atoms with Crippen LogP contribution in [-0.2, 0) is 0 Å². The molecule has 7 heteroatoms. The zero-order valence-electron chi connectivity index (χ0n) is 13.4. The van der Waals surface area contributed by atoms with Gasteiger partial charge in [-0.05, 0) is 51.9 Å². The van der Waals surface area contributed by atoms with E-state index in [0.29, 0.717) is 28.9 Å². The molecule has 0 bridgehead atoms. The molecule has 0 radical (unpaired) electrons. The Morgan fingerprint density at radius 1 is 1.25 bits per heavy atom. The molecule has 1 amide bonds. The van der Waals surface area contributed by atoms with Crippen LogP contribution in [0.1, 0.15) is 23.5 Å². The Morgan fingerprint density at radius 3 is 2.71 bits per heavy atom. The molecule has 0 atom stereocenters. The second-order valence-corrected chi connectivity index (χ2v) is 6.57. The van der Waals surface area contributed by atoms with E-state index in [1.807, 2.05) is 35.7 Å². The minimum absolute atomic E-state index is 0.237. The van der Waals surface area contributed by atoms with E-state index in [1.165, 1.54) is 11.3 Å². The Labute approximate surface area is 143 Å². The maximum absolute atomic E-state index is 12.1. The van der Waals surface area contributed by atoms with E-state index < -0.39 is 0 Å². The number of anilines is 1. The summed E-state index contributed by atoms with van der Waals surface area (Å²) in [4.78, 5) is 12.7. The normalized spacial score (nSPS) is 10.8. The molecule has 3 aromatic rings. The lowest BCUT2D eigenvalue weighted by atomic mass is 10.1. The van der Waals surface area contributed by atoms with Gasteiger partial charge in [0.05, 0.1) is 11.5 Å². The van der Waals surface area contributed by atoms with Gasteiger partial charge >= 0.3 is 0 Å². The summed E-state index contributed by atoms with van der Waals surface area (Å²) >= 11 is 1.36. The lowest BCUT2D eigenvalue weighted by Crippen LogP contribution is -2.11. The molecule has 2 aromatic heterocycles. The van der Waals surface area contributed by atoms with Crippen LogP contribution < -0.4 is 10.1 Å². The molecular formula is C17H17N3O3S. The van der Waals surface area contributed by atoms with Crippen molar-refractivity contribution in [2.24, 2.45) is 5.92 Å². The lowest BCUT2D eigenvalue weighted by molar-refractivity contribution is 0.102. The zero-order valence-corrected chi connectivity index (χ0v) is 14.2. The first-order chi connectivity index (χ1) is 11.6. The highest BCUT2D eigenvalue weighted by atomic mass is 32.1. The van der Waals surface area contributed by atoms with Gasteiger partial charge in [-0.2, -0.15) is 0 Å². The predicted octanol–water partition coefficient (Wildman–Crippen LogP) is 4.09. The van der Waals surface area contributed by atoms with E-state index in [0.717, 1.165) is 11.3 Å². The molecule has 2 heterocycles. The van der Waals surface area contributed by atoms with E-state index in [1.54, 1.807) is 6.07 Å². The summed E-state index contributed by atoms with van der Waals surface area (Å²) in [5.74, 6) is 1.31. The maximum atomic E-state index is 12.1. The van der Waals surface area contributed by atoms with Crippen LogP contribution in [0.5, 0.6) is 5.75 Å². The number of nitrogens with zero attached hydrogens (tertiary/aromatic N) is 2. The molecule has 1 aromatic carbocycles. The zero-order chi connectivity index (χ0) is 16.9. The number of amides is 1. The average Bonchev–Trinajstić information content (AvgIpc) is 3.25. The largest absolute Gasteiger partial charge is 0.493 e. The fourth-order valence-corrected chi connectivity index (χ4v) is 2.63. The number of aromatic nitrogens is 2. The summed E-state index contributed by atoms with van der Waals surface area (Å²) in [5, 5.41) is 12.2. The monoisotopic (exact) mass is 343 g/mol. The number of hydrogen-bond donors (Lipinski definition) is 1. The van der Waals surface area contributed by atoms with Crippen LogP contribution in [0.2, 0.25) is 0 Å². The third-order valence-corrected chi connectivity index (χ3v) is 4.05. The molecule has 24 heavy (non-hydrogen) atoms. The van der Waals surface area contributed by atoms with E-state index in [4.69, 9.17) is 9.37 Å². The molecule has 0 saturated heterocycles. The van der Waals surface area contributed by atoms with Crippen LogP contribution in [0.15, 0.2) is 46.4 Å². The second-order valence-electron chi connectivity index (χ2n) is 5.62. The average molecular weight is 343 g/mol. The maximum Gasteiger partial charge on any atom is 0.267 e. The van der Waals surface area contributed by atoms with Gasteiger partial charge in [0.1, 0.15) is 5.75 Å². The van der Waals surface area contributed by atoms with Crippen LogP contribution in [-0.4, -0.2) is 22.8 Å². The van der Waals surface area contributed by atoms with Gasteiger partial charge in [-0.15, -0.1) is 11.3 Å². The van der Waals surface area contributed by atoms with E-state index in [-0.39, 0.29) is 5.91 Å². The Morgan fingerprint density at radius 2 is 2.04 bits per heavy atom. The number of thiophene rings is 1. The summed E-state index contributed by atoms with van der Waals surface area (Å²) in [7, 11) is 0. The van der Waals surface area contributed by atoms with Gasteiger partial charge in [-0.1, -0.05) is 19.9 Å². The van der Waals surface area contributed by atoms with Crippen molar-refractivity contribution in [2.45, 2.75) is 13.8 Å².